The molecule has 0 unspecified atom stereocenters. The summed E-state index contributed by atoms with van der Waals surface area (Å²) in [7, 11) is -10.7. The summed E-state index contributed by atoms with van der Waals surface area (Å²) in [5, 5.41) is 0. The van der Waals surface area contributed by atoms with Gasteiger partial charge in [-0.05, 0) is 0 Å². The topological polar surface area (TPSA) is 130 Å². The van der Waals surface area contributed by atoms with Crippen molar-refractivity contribution >= 4 is 42.9 Å². The Kier molecular flexibility index (Phi) is 5.87. The molecule has 0 aliphatic heterocycles. The second-order valence-electron chi connectivity index (χ2n) is 1.02. The van der Waals surface area contributed by atoms with Crippen molar-refractivity contribution in [2.45, 2.75) is 0 Å². The number of rotatable bonds is 2. The van der Waals surface area contributed by atoms with Gasteiger partial charge in [-0.25, -0.2) is 4.57 Å². The van der Waals surface area contributed by atoms with Crippen LogP contribution in [0.5, 0.6) is 0 Å². The van der Waals surface area contributed by atoms with Gasteiger partial charge >= 0.3 is 35.1 Å². The summed E-state index contributed by atoms with van der Waals surface area (Å²) in [4.78, 5) is 34.1. The second-order valence-corrected chi connectivity index (χ2v) is 3.55. The summed E-state index contributed by atoms with van der Waals surface area (Å²) < 4.78 is 21.7. The molecule has 0 aromatic heterocycles. The van der Waals surface area contributed by atoms with Gasteiger partial charge in [0, 0.05) is 0 Å². The van der Waals surface area contributed by atoms with Crippen LogP contribution in [-0.2, 0) is 13.4 Å². The van der Waals surface area contributed by atoms with Crippen LogP contribution >= 0.6 is 15.6 Å². The molecule has 0 aliphatic rings. The molecule has 0 spiro atoms. The molecule has 0 amide bonds. The van der Waals surface area contributed by atoms with Crippen molar-refractivity contribution in [3.63, 3.8) is 0 Å². The first-order valence-electron chi connectivity index (χ1n) is 1.50. The van der Waals surface area contributed by atoms with Crippen LogP contribution in [0.1, 0.15) is 0 Å². The Balaban J connectivity index is 0. The van der Waals surface area contributed by atoms with Crippen molar-refractivity contribution in [2.75, 3.05) is 0 Å². The maximum Gasteiger partial charge on any atom is 2.00 e. The Morgan fingerprint density at radius 1 is 1.20 bits per heavy atom. The van der Waals surface area contributed by atoms with E-state index in [1.807, 2.05) is 0 Å². The smallest absolute Gasteiger partial charge is 0.789 e. The van der Waals surface area contributed by atoms with Crippen molar-refractivity contribution < 1.29 is 33.0 Å². The van der Waals surface area contributed by atoms with Gasteiger partial charge < -0.3 is 24.1 Å². The minimum absolute atomic E-state index is 0. The molecule has 10 heteroatoms. The third-order valence-electron chi connectivity index (χ3n) is 0.206. The summed E-state index contributed by atoms with van der Waals surface area (Å²) in [6, 6.07) is 0. The molecular formula is H2O7P2Pb. The van der Waals surface area contributed by atoms with E-state index in [1.165, 1.54) is 0 Å². The Morgan fingerprint density at radius 2 is 1.50 bits per heavy atom. The minimum atomic E-state index is -5.55. The zero-order valence-corrected chi connectivity index (χ0v) is 10.0. The molecule has 0 saturated carbocycles. The molecule has 0 heterocycles. The van der Waals surface area contributed by atoms with Crippen LogP contribution < -0.4 is 9.79 Å². The van der Waals surface area contributed by atoms with Gasteiger partial charge in [-0.15, -0.1) is 0 Å². The van der Waals surface area contributed by atoms with Crippen LogP contribution in [0.15, 0.2) is 0 Å². The van der Waals surface area contributed by atoms with Crippen LogP contribution in [-0.4, -0.2) is 37.1 Å². The van der Waals surface area contributed by atoms with Crippen molar-refractivity contribution in [3.05, 3.63) is 0 Å². The van der Waals surface area contributed by atoms with E-state index in [9.17, 15) is 18.9 Å². The van der Waals surface area contributed by atoms with E-state index in [4.69, 9.17) is 9.79 Å². The Labute approximate surface area is 76.0 Å². The largest absolute Gasteiger partial charge is 2.00 e. The van der Waals surface area contributed by atoms with Gasteiger partial charge in [0.2, 0.25) is 0 Å². The molecule has 10 heavy (non-hydrogen) atoms. The normalized spacial score (nSPS) is 12.4. The number of phosphoric acid groups is 2. The van der Waals surface area contributed by atoms with Crippen molar-refractivity contribution in [1.82, 2.24) is 0 Å². The molecular weight excluding hydrogens is 381 g/mol. The van der Waals surface area contributed by atoms with Crippen LogP contribution in [0, 0.1) is 0 Å². The van der Waals surface area contributed by atoms with E-state index in [0.717, 1.165) is 0 Å². The summed E-state index contributed by atoms with van der Waals surface area (Å²) >= 11 is 0. The van der Waals surface area contributed by atoms with Gasteiger partial charge in [0.1, 0.15) is 0 Å². The van der Waals surface area contributed by atoms with Crippen LogP contribution in [0.25, 0.3) is 0 Å². The van der Waals surface area contributed by atoms with Crippen molar-refractivity contribution in [2.24, 2.45) is 0 Å². The maximum absolute atomic E-state index is 9.55. The summed E-state index contributed by atoms with van der Waals surface area (Å²) in [5.74, 6) is 0. The molecule has 7 nitrogen and oxygen atoms in total. The molecule has 0 bridgehead atoms. The van der Waals surface area contributed by atoms with Crippen LogP contribution in [0.4, 0.5) is 0 Å². The van der Waals surface area contributed by atoms with Gasteiger partial charge in [0.15, 0.2) is 0 Å². The summed E-state index contributed by atoms with van der Waals surface area (Å²) in [6.45, 7) is 0. The molecule has 0 rings (SSSR count). The zero-order chi connectivity index (χ0) is 7.71. The first-order chi connectivity index (χ1) is 3.71. The summed E-state index contributed by atoms with van der Waals surface area (Å²) in [5.41, 5.74) is 0. The van der Waals surface area contributed by atoms with E-state index < -0.39 is 15.6 Å². The van der Waals surface area contributed by atoms with Gasteiger partial charge in [-0.1, -0.05) is 0 Å². The van der Waals surface area contributed by atoms with E-state index in [1.54, 1.807) is 0 Å². The third-order valence-corrected chi connectivity index (χ3v) is 1.86. The first kappa shape index (κ1) is 13.8. The molecule has 0 aromatic rings. The van der Waals surface area contributed by atoms with Gasteiger partial charge in [0.25, 0.3) is 0 Å². The van der Waals surface area contributed by atoms with Gasteiger partial charge in [-0.3, -0.25) is 4.31 Å². The predicted octanol–water partition coefficient (Wildman–Crippen LogP) is -2.46. The fourth-order valence-electron chi connectivity index (χ4n) is 0.130. The van der Waals surface area contributed by atoms with E-state index in [0.29, 0.717) is 0 Å². The Morgan fingerprint density at radius 3 is 1.50 bits per heavy atom. The molecule has 0 fully saturated rings. The minimum Gasteiger partial charge on any atom is -0.789 e. The van der Waals surface area contributed by atoms with Gasteiger partial charge in [0.05, 0.1) is 7.82 Å². The molecule has 0 atom stereocenters. The number of hydrogen-bond acceptors (Lipinski definition) is 5. The standard InChI is InChI=1S/H4O7P2.Pb/c1-8(2,3)7-9(4,5)6;/h(H2,1,2,3)(H2,4,5,6);/q;+2/p-2. The molecule has 0 aromatic carbocycles. The van der Waals surface area contributed by atoms with E-state index in [-0.39, 0.29) is 27.3 Å². The molecule has 2 N–H and O–H groups in total. The fraction of sp³-hybridized carbons (Fsp3) is 0. The monoisotopic (exact) mass is 384 g/mol. The van der Waals surface area contributed by atoms with Crippen molar-refractivity contribution in [3.8, 4) is 0 Å². The zero-order valence-electron chi connectivity index (χ0n) is 4.33. The molecule has 2 radical (unpaired) electrons. The van der Waals surface area contributed by atoms with Crippen LogP contribution in [0.3, 0.4) is 0 Å². The third kappa shape index (κ3) is 11.9. The quantitative estimate of drug-likeness (QED) is 0.400. The molecule has 0 saturated heterocycles. The SMILES string of the molecule is O=P([O-])([O-])OP(=O)(O)O.[Pb+2]. The number of hydrogen-bond donors (Lipinski definition) is 2. The van der Waals surface area contributed by atoms with Crippen molar-refractivity contribution in [1.29, 1.82) is 0 Å². The van der Waals surface area contributed by atoms with E-state index >= 15 is 0 Å². The Hall–Kier alpha value is 1.18. The Bertz CT molecular complexity index is 152. The average Bonchev–Trinajstić information content (AvgIpc) is 1.14. The first-order valence-corrected chi connectivity index (χ1v) is 4.49. The molecule has 0 aliphatic carbocycles. The summed E-state index contributed by atoms with van der Waals surface area (Å²) in [6.07, 6.45) is 0. The predicted molar refractivity (Wildman–Crippen MR) is 26.5 cm³/mol. The fourth-order valence-corrected chi connectivity index (χ4v) is 1.17. The second kappa shape index (κ2) is 4.27. The average molecular weight is 383 g/mol. The maximum atomic E-state index is 9.55. The van der Waals surface area contributed by atoms with Gasteiger partial charge in [-0.2, -0.15) is 0 Å². The van der Waals surface area contributed by atoms with E-state index in [2.05, 4.69) is 4.31 Å². The molecule has 58 valence electrons. The van der Waals surface area contributed by atoms with Crippen LogP contribution in [0.2, 0.25) is 0 Å².